The second kappa shape index (κ2) is 4.13. The molecule has 0 saturated carbocycles. The molecule has 8 heteroatoms. The molecule has 0 unspecified atom stereocenters. The van der Waals surface area contributed by atoms with E-state index in [1.54, 1.807) is 0 Å². The monoisotopic (exact) mass is 229 g/mol. The molecule has 0 amide bonds. The minimum absolute atomic E-state index is 0.589. The first-order valence-electron chi connectivity index (χ1n) is 3.93. The van der Waals surface area contributed by atoms with Crippen LogP contribution in [0.2, 0.25) is 0 Å². The van der Waals surface area contributed by atoms with Crippen LogP contribution in [0.25, 0.3) is 0 Å². The Bertz CT molecular complexity index is 265. The summed E-state index contributed by atoms with van der Waals surface area (Å²) in [5.41, 5.74) is 0. The van der Waals surface area contributed by atoms with Crippen molar-refractivity contribution in [1.82, 2.24) is 4.90 Å². The first-order chi connectivity index (χ1) is 6.81. The minimum Gasteiger partial charge on any atom is -0.391 e. The molecule has 1 aliphatic rings. The fourth-order valence-electron chi connectivity index (χ4n) is 1.09. The van der Waals surface area contributed by atoms with Crippen molar-refractivity contribution in [2.75, 3.05) is 19.6 Å². The third-order valence-corrected chi connectivity index (χ3v) is 1.69. The quantitative estimate of drug-likeness (QED) is 0.396. The topological polar surface area (TPSA) is 46.6 Å². The Hall–Kier alpha value is -1.18. The summed E-state index contributed by atoms with van der Waals surface area (Å²) in [5, 5.41) is 0. The summed E-state index contributed by atoms with van der Waals surface area (Å²) in [6.07, 6.45) is -3.83. The van der Waals surface area contributed by atoms with E-state index in [-0.39, 0.29) is 0 Å². The molecule has 0 N–H and O–H groups in total. The second-order valence-electron chi connectivity index (χ2n) is 3.05. The average Bonchev–Trinajstić information content (AvgIpc) is 1.99. The lowest BCUT2D eigenvalue weighted by molar-refractivity contribution is -0.175. The first kappa shape index (κ1) is 11.9. The van der Waals surface area contributed by atoms with Crippen molar-refractivity contribution in [3.8, 4) is 0 Å². The van der Waals surface area contributed by atoms with Crippen LogP contribution < -0.4 is 0 Å². The van der Waals surface area contributed by atoms with Gasteiger partial charge in [-0.05, 0) is 0 Å². The SMILES string of the molecule is O=C1CN(CC(F)(F)C(F)F)CC(=O)O1. The highest BCUT2D eigenvalue weighted by atomic mass is 19.3. The summed E-state index contributed by atoms with van der Waals surface area (Å²) in [6.45, 7) is -2.52. The van der Waals surface area contributed by atoms with E-state index in [1.807, 2.05) is 0 Å². The van der Waals surface area contributed by atoms with Crippen molar-refractivity contribution in [3.63, 3.8) is 0 Å². The van der Waals surface area contributed by atoms with E-state index in [1.165, 1.54) is 0 Å². The fourth-order valence-corrected chi connectivity index (χ4v) is 1.09. The van der Waals surface area contributed by atoms with Crippen LogP contribution >= 0.6 is 0 Å². The summed E-state index contributed by atoms with van der Waals surface area (Å²) < 4.78 is 52.7. The molecule has 0 aromatic carbocycles. The maximum atomic E-state index is 12.5. The highest BCUT2D eigenvalue weighted by Gasteiger charge is 2.43. The van der Waals surface area contributed by atoms with Gasteiger partial charge in [0.05, 0.1) is 19.6 Å². The number of alkyl halides is 4. The van der Waals surface area contributed by atoms with Crippen LogP contribution in [0.15, 0.2) is 0 Å². The molecule has 1 fully saturated rings. The highest BCUT2D eigenvalue weighted by molar-refractivity contribution is 5.90. The van der Waals surface area contributed by atoms with Gasteiger partial charge in [-0.1, -0.05) is 0 Å². The number of morpholine rings is 1. The number of hydrogen-bond acceptors (Lipinski definition) is 4. The normalized spacial score (nSPS) is 19.5. The van der Waals surface area contributed by atoms with Gasteiger partial charge in [0.25, 0.3) is 0 Å². The van der Waals surface area contributed by atoms with Crippen molar-refractivity contribution >= 4 is 11.9 Å². The molecule has 1 heterocycles. The molecule has 1 aliphatic heterocycles. The van der Waals surface area contributed by atoms with Gasteiger partial charge in [-0.25, -0.2) is 8.78 Å². The number of ether oxygens (including phenoxy) is 1. The molecule has 15 heavy (non-hydrogen) atoms. The molecule has 4 nitrogen and oxygen atoms in total. The number of cyclic esters (lactones) is 2. The number of hydrogen-bond donors (Lipinski definition) is 0. The Morgan fingerprint density at radius 2 is 1.73 bits per heavy atom. The summed E-state index contributed by atoms with van der Waals surface area (Å²) in [5.74, 6) is -6.27. The maximum Gasteiger partial charge on any atom is 0.327 e. The van der Waals surface area contributed by atoms with Gasteiger partial charge >= 0.3 is 24.3 Å². The average molecular weight is 229 g/mol. The minimum atomic E-state index is -4.24. The van der Waals surface area contributed by atoms with Crippen molar-refractivity contribution in [1.29, 1.82) is 0 Å². The predicted molar refractivity (Wildman–Crippen MR) is 38.5 cm³/mol. The molecular formula is C7H7F4NO3. The predicted octanol–water partition coefficient (Wildman–Crippen LogP) is 0.272. The Kier molecular flexibility index (Phi) is 3.28. The van der Waals surface area contributed by atoms with Gasteiger partial charge in [-0.15, -0.1) is 0 Å². The van der Waals surface area contributed by atoms with E-state index >= 15 is 0 Å². The Morgan fingerprint density at radius 1 is 1.27 bits per heavy atom. The summed E-state index contributed by atoms with van der Waals surface area (Å²) in [4.78, 5) is 21.9. The van der Waals surface area contributed by atoms with Gasteiger partial charge in [0.1, 0.15) is 0 Å². The third kappa shape index (κ3) is 3.15. The van der Waals surface area contributed by atoms with E-state index in [9.17, 15) is 27.2 Å². The maximum absolute atomic E-state index is 12.5. The van der Waals surface area contributed by atoms with Crippen LogP contribution in [0.3, 0.4) is 0 Å². The van der Waals surface area contributed by atoms with Crippen LogP contribution in [-0.4, -0.2) is 48.8 Å². The summed E-state index contributed by atoms with van der Waals surface area (Å²) in [7, 11) is 0. The summed E-state index contributed by atoms with van der Waals surface area (Å²) >= 11 is 0. The van der Waals surface area contributed by atoms with Crippen LogP contribution in [0.4, 0.5) is 17.6 Å². The molecule has 1 saturated heterocycles. The van der Waals surface area contributed by atoms with Gasteiger partial charge in [0, 0.05) is 0 Å². The van der Waals surface area contributed by atoms with Crippen LogP contribution in [0, 0.1) is 0 Å². The van der Waals surface area contributed by atoms with Crippen molar-refractivity contribution < 1.29 is 31.9 Å². The zero-order valence-corrected chi connectivity index (χ0v) is 7.38. The Morgan fingerprint density at radius 3 is 2.13 bits per heavy atom. The van der Waals surface area contributed by atoms with Gasteiger partial charge in [-0.3, -0.25) is 14.5 Å². The van der Waals surface area contributed by atoms with Crippen LogP contribution in [0.1, 0.15) is 0 Å². The number of carbonyl (C=O) groups is 2. The standard InChI is InChI=1S/C7H7F4NO3/c8-6(9)7(10,11)3-12-1-4(13)15-5(14)2-12/h6H,1-3H2. The highest BCUT2D eigenvalue weighted by Crippen LogP contribution is 2.24. The van der Waals surface area contributed by atoms with Gasteiger partial charge < -0.3 is 4.74 Å². The molecule has 0 aromatic heterocycles. The van der Waals surface area contributed by atoms with Gasteiger partial charge in [0.2, 0.25) is 0 Å². The molecular weight excluding hydrogens is 222 g/mol. The van der Waals surface area contributed by atoms with Crippen molar-refractivity contribution in [3.05, 3.63) is 0 Å². The molecule has 0 bridgehead atoms. The van der Waals surface area contributed by atoms with Gasteiger partial charge in [0.15, 0.2) is 0 Å². The second-order valence-corrected chi connectivity index (χ2v) is 3.05. The van der Waals surface area contributed by atoms with Crippen molar-refractivity contribution in [2.24, 2.45) is 0 Å². The Balaban J connectivity index is 2.58. The number of halogens is 4. The molecule has 86 valence electrons. The molecule has 0 spiro atoms. The molecule has 0 radical (unpaired) electrons. The number of rotatable bonds is 3. The van der Waals surface area contributed by atoms with E-state index in [4.69, 9.17) is 0 Å². The first-order valence-corrected chi connectivity index (χ1v) is 3.93. The molecule has 1 rings (SSSR count). The van der Waals surface area contributed by atoms with Gasteiger partial charge in [-0.2, -0.15) is 8.78 Å². The lowest BCUT2D eigenvalue weighted by atomic mass is 10.3. The molecule has 0 atom stereocenters. The van der Waals surface area contributed by atoms with Crippen LogP contribution in [-0.2, 0) is 14.3 Å². The van der Waals surface area contributed by atoms with E-state index < -0.39 is 43.9 Å². The lowest BCUT2D eigenvalue weighted by Crippen LogP contribution is -2.49. The zero-order valence-electron chi connectivity index (χ0n) is 7.38. The number of esters is 2. The van der Waals surface area contributed by atoms with Crippen molar-refractivity contribution in [2.45, 2.75) is 12.3 Å². The van der Waals surface area contributed by atoms with E-state index in [2.05, 4.69) is 4.74 Å². The fraction of sp³-hybridized carbons (Fsp3) is 0.714. The number of carbonyl (C=O) groups excluding carboxylic acids is 2. The molecule has 0 aromatic rings. The summed E-state index contributed by atoms with van der Waals surface area (Å²) in [6, 6.07) is 0. The lowest BCUT2D eigenvalue weighted by Gasteiger charge is -2.27. The smallest absolute Gasteiger partial charge is 0.327 e. The third-order valence-electron chi connectivity index (χ3n) is 1.69. The van der Waals surface area contributed by atoms with E-state index in [0.717, 1.165) is 0 Å². The Labute approximate surface area is 81.8 Å². The number of nitrogens with zero attached hydrogens (tertiary/aromatic N) is 1. The van der Waals surface area contributed by atoms with Crippen LogP contribution in [0.5, 0.6) is 0 Å². The largest absolute Gasteiger partial charge is 0.391 e. The molecule has 0 aliphatic carbocycles. The zero-order chi connectivity index (χ0) is 11.6. The van der Waals surface area contributed by atoms with E-state index in [0.29, 0.717) is 4.90 Å².